The maximum absolute atomic E-state index is 12.7. The summed E-state index contributed by atoms with van der Waals surface area (Å²) in [4.78, 5) is 26.3. The number of amides is 2. The third kappa shape index (κ3) is 6.60. The Bertz CT molecular complexity index is 1400. The summed E-state index contributed by atoms with van der Waals surface area (Å²) in [6, 6.07) is 20.4. The highest BCUT2D eigenvalue weighted by molar-refractivity contribution is 8.00. The zero-order valence-corrected chi connectivity index (χ0v) is 22.5. The van der Waals surface area contributed by atoms with E-state index in [0.717, 1.165) is 21.5 Å². The number of thioether (sulfide) groups is 1. The van der Waals surface area contributed by atoms with Gasteiger partial charge >= 0.3 is 0 Å². The van der Waals surface area contributed by atoms with Crippen molar-refractivity contribution in [1.29, 1.82) is 0 Å². The fourth-order valence-electron chi connectivity index (χ4n) is 4.01. The van der Waals surface area contributed by atoms with Gasteiger partial charge in [0.15, 0.2) is 0 Å². The van der Waals surface area contributed by atoms with Crippen LogP contribution in [0.1, 0.15) is 17.3 Å². The molecule has 0 spiro atoms. The van der Waals surface area contributed by atoms with Crippen LogP contribution in [-0.4, -0.2) is 49.5 Å². The number of para-hydroxylation sites is 1. The molecule has 4 aromatic rings. The Labute approximate surface area is 226 Å². The first-order valence-electron chi connectivity index (χ1n) is 12.3. The van der Waals surface area contributed by atoms with E-state index in [2.05, 4.69) is 15.2 Å². The zero-order chi connectivity index (χ0) is 26.9. The van der Waals surface area contributed by atoms with Crippen molar-refractivity contribution in [2.75, 3.05) is 38.4 Å². The average molecular weight is 534 g/mol. The summed E-state index contributed by atoms with van der Waals surface area (Å²) in [6.07, 6.45) is 2.03. The SMILES string of the molecule is CCOc1ccc(C(=O)NCCn2cc(SCC(=O)Nc3ccc(OC)cc3OC)c3ccccc32)cc1. The number of benzene rings is 3. The third-order valence-electron chi connectivity index (χ3n) is 5.86. The number of nitrogens with one attached hydrogen (secondary N) is 2. The van der Waals surface area contributed by atoms with Gasteiger partial charge in [-0.25, -0.2) is 0 Å². The van der Waals surface area contributed by atoms with Gasteiger partial charge in [-0.3, -0.25) is 9.59 Å². The van der Waals surface area contributed by atoms with Gasteiger partial charge in [0.2, 0.25) is 5.91 Å². The molecule has 3 aromatic carbocycles. The van der Waals surface area contributed by atoms with Crippen LogP contribution < -0.4 is 24.8 Å². The largest absolute Gasteiger partial charge is 0.497 e. The van der Waals surface area contributed by atoms with Gasteiger partial charge in [0.05, 0.1) is 32.3 Å². The second-order valence-corrected chi connectivity index (χ2v) is 9.34. The highest BCUT2D eigenvalue weighted by Crippen LogP contribution is 2.32. The molecule has 0 aliphatic heterocycles. The monoisotopic (exact) mass is 533 g/mol. The fourth-order valence-corrected chi connectivity index (χ4v) is 4.89. The molecule has 1 heterocycles. The molecule has 8 nitrogen and oxygen atoms in total. The minimum Gasteiger partial charge on any atom is -0.497 e. The molecular formula is C29H31N3O5S. The van der Waals surface area contributed by atoms with E-state index >= 15 is 0 Å². The third-order valence-corrected chi connectivity index (χ3v) is 6.90. The lowest BCUT2D eigenvalue weighted by Crippen LogP contribution is -2.27. The van der Waals surface area contributed by atoms with E-state index in [1.807, 2.05) is 37.4 Å². The summed E-state index contributed by atoms with van der Waals surface area (Å²) in [6.45, 7) is 3.56. The molecular weight excluding hydrogens is 502 g/mol. The van der Waals surface area contributed by atoms with Crippen molar-refractivity contribution in [1.82, 2.24) is 9.88 Å². The van der Waals surface area contributed by atoms with Gasteiger partial charge in [0, 0.05) is 46.7 Å². The number of carbonyl (C=O) groups excluding carboxylic acids is 2. The van der Waals surface area contributed by atoms with Gasteiger partial charge in [-0.2, -0.15) is 0 Å². The number of aromatic nitrogens is 1. The number of rotatable bonds is 12. The van der Waals surface area contributed by atoms with Crippen LogP contribution in [0, 0.1) is 0 Å². The molecule has 0 fully saturated rings. The number of hydrogen-bond donors (Lipinski definition) is 2. The molecule has 0 bridgehead atoms. The van der Waals surface area contributed by atoms with Gasteiger partial charge in [0.25, 0.3) is 5.91 Å². The van der Waals surface area contributed by atoms with Gasteiger partial charge in [-0.1, -0.05) is 18.2 Å². The molecule has 0 radical (unpaired) electrons. The van der Waals surface area contributed by atoms with Crippen LogP contribution in [0.5, 0.6) is 17.2 Å². The molecule has 9 heteroatoms. The van der Waals surface area contributed by atoms with Crippen LogP contribution in [0.15, 0.2) is 77.8 Å². The Morgan fingerprint density at radius 1 is 0.947 bits per heavy atom. The number of hydrogen-bond acceptors (Lipinski definition) is 6. The standard InChI is InChI=1S/C29H31N3O5S/c1-4-37-21-11-9-20(10-12-21)29(34)30-15-16-32-18-27(23-7-5-6-8-25(23)32)38-19-28(33)31-24-14-13-22(35-2)17-26(24)36-3/h5-14,17-18H,4,15-16,19H2,1-3H3,(H,30,34)(H,31,33). The summed E-state index contributed by atoms with van der Waals surface area (Å²) < 4.78 is 18.1. The van der Waals surface area contributed by atoms with E-state index in [0.29, 0.717) is 42.4 Å². The molecule has 2 N–H and O–H groups in total. The highest BCUT2D eigenvalue weighted by Gasteiger charge is 2.13. The van der Waals surface area contributed by atoms with Gasteiger partial charge in [-0.05, 0) is 49.4 Å². The van der Waals surface area contributed by atoms with E-state index in [1.165, 1.54) is 11.8 Å². The number of anilines is 1. The van der Waals surface area contributed by atoms with E-state index in [1.54, 1.807) is 56.7 Å². The van der Waals surface area contributed by atoms with E-state index in [4.69, 9.17) is 14.2 Å². The van der Waals surface area contributed by atoms with Gasteiger partial charge in [-0.15, -0.1) is 11.8 Å². The quantitative estimate of drug-likeness (QED) is 0.243. The lowest BCUT2D eigenvalue weighted by molar-refractivity contribution is -0.113. The van der Waals surface area contributed by atoms with E-state index < -0.39 is 0 Å². The molecule has 4 rings (SSSR count). The lowest BCUT2D eigenvalue weighted by Gasteiger charge is -2.11. The van der Waals surface area contributed by atoms with Crippen molar-refractivity contribution in [2.24, 2.45) is 0 Å². The second kappa shape index (κ2) is 12.9. The number of fused-ring (bicyclic) bond motifs is 1. The Balaban J connectivity index is 1.36. The lowest BCUT2D eigenvalue weighted by atomic mass is 10.2. The summed E-state index contributed by atoms with van der Waals surface area (Å²) in [7, 11) is 3.13. The molecule has 0 atom stereocenters. The zero-order valence-electron chi connectivity index (χ0n) is 21.7. The van der Waals surface area contributed by atoms with E-state index in [-0.39, 0.29) is 17.6 Å². The first-order valence-corrected chi connectivity index (χ1v) is 13.2. The van der Waals surface area contributed by atoms with Crippen LogP contribution >= 0.6 is 11.8 Å². The smallest absolute Gasteiger partial charge is 0.251 e. The van der Waals surface area contributed by atoms with E-state index in [9.17, 15) is 9.59 Å². The average Bonchev–Trinajstić information content (AvgIpc) is 3.30. The highest BCUT2D eigenvalue weighted by atomic mass is 32.2. The topological polar surface area (TPSA) is 90.8 Å². The van der Waals surface area contributed by atoms with Crippen molar-refractivity contribution < 1.29 is 23.8 Å². The van der Waals surface area contributed by atoms with Crippen molar-refractivity contribution in [3.63, 3.8) is 0 Å². The Morgan fingerprint density at radius 2 is 1.71 bits per heavy atom. The number of carbonyl (C=O) groups is 2. The summed E-state index contributed by atoms with van der Waals surface area (Å²) in [5.74, 6) is 1.88. The van der Waals surface area contributed by atoms with Crippen LogP contribution in [0.2, 0.25) is 0 Å². The normalized spacial score (nSPS) is 10.7. The number of methoxy groups -OCH3 is 2. The molecule has 198 valence electrons. The second-order valence-electron chi connectivity index (χ2n) is 8.32. The predicted octanol–water partition coefficient (Wildman–Crippen LogP) is 5.22. The summed E-state index contributed by atoms with van der Waals surface area (Å²) >= 11 is 1.46. The van der Waals surface area contributed by atoms with Crippen molar-refractivity contribution in [3.05, 3.63) is 78.5 Å². The van der Waals surface area contributed by atoms with Crippen LogP contribution in [0.4, 0.5) is 5.69 Å². The van der Waals surface area contributed by atoms with Crippen molar-refractivity contribution in [3.8, 4) is 17.2 Å². The first-order chi connectivity index (χ1) is 18.5. The molecule has 0 unspecified atom stereocenters. The van der Waals surface area contributed by atoms with Gasteiger partial charge in [0.1, 0.15) is 17.2 Å². The van der Waals surface area contributed by atoms with Gasteiger partial charge < -0.3 is 29.4 Å². The Hall–Kier alpha value is -4.11. The Morgan fingerprint density at radius 3 is 2.45 bits per heavy atom. The molecule has 0 aliphatic rings. The molecule has 2 amide bonds. The minimum absolute atomic E-state index is 0.135. The van der Waals surface area contributed by atoms with Crippen LogP contribution in [-0.2, 0) is 11.3 Å². The molecule has 1 aromatic heterocycles. The predicted molar refractivity (Wildman–Crippen MR) is 151 cm³/mol. The fraction of sp³-hybridized carbons (Fsp3) is 0.241. The molecule has 0 saturated heterocycles. The maximum atomic E-state index is 12.7. The number of ether oxygens (including phenoxy) is 3. The van der Waals surface area contributed by atoms with Crippen LogP contribution in [0.3, 0.4) is 0 Å². The summed E-state index contributed by atoms with van der Waals surface area (Å²) in [5.41, 5.74) is 2.22. The first kappa shape index (κ1) is 26.9. The summed E-state index contributed by atoms with van der Waals surface area (Å²) in [5, 5.41) is 6.95. The molecule has 0 saturated carbocycles. The van der Waals surface area contributed by atoms with Crippen molar-refractivity contribution in [2.45, 2.75) is 18.4 Å². The maximum Gasteiger partial charge on any atom is 0.251 e. The minimum atomic E-state index is -0.141. The van der Waals surface area contributed by atoms with Crippen LogP contribution in [0.25, 0.3) is 10.9 Å². The number of nitrogens with zero attached hydrogens (tertiary/aromatic N) is 1. The molecule has 38 heavy (non-hydrogen) atoms. The molecule has 0 aliphatic carbocycles. The Kier molecular flexibility index (Phi) is 9.16. The van der Waals surface area contributed by atoms with Crippen molar-refractivity contribution >= 4 is 40.2 Å².